The Morgan fingerprint density at radius 1 is 0.900 bits per heavy atom. The Kier molecular flexibility index (Phi) is 5.11. The number of aromatic hydroxyl groups is 1. The van der Waals surface area contributed by atoms with Crippen molar-refractivity contribution in [3.05, 3.63) is 72.3 Å². The van der Waals surface area contributed by atoms with E-state index in [2.05, 4.69) is 20.2 Å². The molecular formula is C22H20N4O3S. The van der Waals surface area contributed by atoms with E-state index >= 15 is 0 Å². The molecule has 7 nitrogen and oxygen atoms in total. The van der Waals surface area contributed by atoms with Gasteiger partial charge in [0.15, 0.2) is 5.82 Å². The van der Waals surface area contributed by atoms with Crippen LogP contribution in [0.4, 0.5) is 11.5 Å². The van der Waals surface area contributed by atoms with E-state index in [0.717, 1.165) is 10.8 Å². The molecule has 0 aliphatic heterocycles. The number of anilines is 2. The summed E-state index contributed by atoms with van der Waals surface area (Å²) >= 11 is 0. The van der Waals surface area contributed by atoms with E-state index in [1.807, 2.05) is 36.4 Å². The summed E-state index contributed by atoms with van der Waals surface area (Å²) in [5.74, 6) is 0.682. The van der Waals surface area contributed by atoms with Crippen LogP contribution in [0.2, 0.25) is 0 Å². The normalized spacial score (nSPS) is 11.5. The molecule has 0 aliphatic carbocycles. The van der Waals surface area contributed by atoms with Crippen molar-refractivity contribution < 1.29 is 13.5 Å². The molecule has 0 unspecified atom stereocenters. The average molecular weight is 420 g/mol. The Balaban J connectivity index is 1.85. The summed E-state index contributed by atoms with van der Waals surface area (Å²) in [4.78, 5) is 0.204. The van der Waals surface area contributed by atoms with Gasteiger partial charge >= 0.3 is 0 Å². The average Bonchev–Trinajstić information content (AvgIpc) is 2.74. The molecule has 0 saturated carbocycles. The third-order valence-corrected chi connectivity index (χ3v) is 6.37. The molecule has 0 radical (unpaired) electrons. The second-order valence-corrected chi connectivity index (χ2v) is 8.66. The molecule has 3 N–H and O–H groups in total. The molecule has 1 heterocycles. The summed E-state index contributed by atoms with van der Waals surface area (Å²) in [6.45, 7) is 1.75. The van der Waals surface area contributed by atoms with Crippen molar-refractivity contribution in [1.29, 1.82) is 0 Å². The van der Waals surface area contributed by atoms with E-state index in [4.69, 9.17) is 0 Å². The van der Waals surface area contributed by atoms with E-state index in [9.17, 15) is 13.5 Å². The number of phenolic OH excluding ortho intramolecular Hbond substituents is 1. The SMILES string of the molecule is CNS(=O)(=O)c1cc(-c2nnc(Nc3cccc(O)c3)c3ccccc23)ccc1C. The number of phenols is 1. The number of hydrogen-bond acceptors (Lipinski definition) is 6. The molecule has 0 aliphatic rings. The zero-order chi connectivity index (χ0) is 21.3. The lowest BCUT2D eigenvalue weighted by Gasteiger charge is -2.13. The summed E-state index contributed by atoms with van der Waals surface area (Å²) in [7, 11) is -2.21. The number of nitrogens with zero attached hydrogens (tertiary/aromatic N) is 2. The first kappa shape index (κ1) is 19.8. The van der Waals surface area contributed by atoms with Gasteiger partial charge in [-0.15, -0.1) is 10.2 Å². The van der Waals surface area contributed by atoms with Crippen molar-refractivity contribution >= 4 is 32.3 Å². The lowest BCUT2D eigenvalue weighted by atomic mass is 10.0. The first-order valence-corrected chi connectivity index (χ1v) is 10.7. The molecule has 152 valence electrons. The van der Waals surface area contributed by atoms with Gasteiger partial charge in [0.2, 0.25) is 10.0 Å². The third kappa shape index (κ3) is 3.70. The number of aryl methyl sites for hydroxylation is 1. The molecule has 0 amide bonds. The van der Waals surface area contributed by atoms with Crippen LogP contribution in [0.25, 0.3) is 22.0 Å². The van der Waals surface area contributed by atoms with Crippen LogP contribution in [-0.2, 0) is 10.0 Å². The lowest BCUT2D eigenvalue weighted by molar-refractivity contribution is 0.475. The molecule has 3 aromatic carbocycles. The Hall–Kier alpha value is -3.49. The van der Waals surface area contributed by atoms with E-state index in [1.165, 1.54) is 7.05 Å². The highest BCUT2D eigenvalue weighted by atomic mass is 32.2. The van der Waals surface area contributed by atoms with Gasteiger partial charge in [0.1, 0.15) is 11.4 Å². The van der Waals surface area contributed by atoms with E-state index in [1.54, 1.807) is 37.3 Å². The first-order chi connectivity index (χ1) is 14.4. The molecule has 0 atom stereocenters. The van der Waals surface area contributed by atoms with Gasteiger partial charge in [-0.1, -0.05) is 42.5 Å². The van der Waals surface area contributed by atoms with Crippen molar-refractivity contribution in [3.8, 4) is 17.0 Å². The highest BCUT2D eigenvalue weighted by molar-refractivity contribution is 7.89. The summed E-state index contributed by atoms with van der Waals surface area (Å²) in [6, 6.07) is 19.6. The Labute approximate surface area is 174 Å². The minimum atomic E-state index is -3.60. The molecule has 1 aromatic heterocycles. The monoisotopic (exact) mass is 420 g/mol. The number of rotatable bonds is 5. The third-order valence-electron chi connectivity index (χ3n) is 4.82. The number of hydrogen-bond donors (Lipinski definition) is 3. The molecular weight excluding hydrogens is 400 g/mol. The fourth-order valence-electron chi connectivity index (χ4n) is 3.28. The highest BCUT2D eigenvalue weighted by Crippen LogP contribution is 2.33. The zero-order valence-corrected chi connectivity index (χ0v) is 17.2. The lowest BCUT2D eigenvalue weighted by Crippen LogP contribution is -2.19. The molecule has 0 spiro atoms. The highest BCUT2D eigenvalue weighted by Gasteiger charge is 2.18. The molecule has 30 heavy (non-hydrogen) atoms. The largest absolute Gasteiger partial charge is 0.508 e. The molecule has 4 aromatic rings. The number of sulfonamides is 1. The van der Waals surface area contributed by atoms with E-state index in [0.29, 0.717) is 28.3 Å². The first-order valence-electron chi connectivity index (χ1n) is 9.25. The predicted octanol–water partition coefficient (Wildman–Crippen LogP) is 3.96. The van der Waals surface area contributed by atoms with Gasteiger partial charge < -0.3 is 10.4 Å². The van der Waals surface area contributed by atoms with Crippen LogP contribution < -0.4 is 10.0 Å². The van der Waals surface area contributed by atoms with Crippen LogP contribution in [-0.4, -0.2) is 30.8 Å². The fraction of sp³-hybridized carbons (Fsp3) is 0.0909. The molecule has 0 bridgehead atoms. The van der Waals surface area contributed by atoms with Crippen molar-refractivity contribution in [1.82, 2.24) is 14.9 Å². The topological polar surface area (TPSA) is 104 Å². The summed E-state index contributed by atoms with van der Waals surface area (Å²) in [6.07, 6.45) is 0. The minimum Gasteiger partial charge on any atom is -0.508 e. The van der Waals surface area contributed by atoms with Crippen LogP contribution in [0.5, 0.6) is 5.75 Å². The minimum absolute atomic E-state index is 0.145. The fourth-order valence-corrected chi connectivity index (χ4v) is 4.27. The summed E-state index contributed by atoms with van der Waals surface area (Å²) in [5.41, 5.74) is 2.56. The van der Waals surface area contributed by atoms with Crippen LogP contribution in [0.15, 0.2) is 71.6 Å². The number of aromatic nitrogens is 2. The number of benzene rings is 3. The standard InChI is InChI=1S/C22H20N4O3S/c1-14-10-11-15(12-20(14)30(28,29)23-2)21-18-8-3-4-9-19(18)22(26-25-21)24-16-6-5-7-17(27)13-16/h3-13,23,27H,1-2H3,(H,24,26). The smallest absolute Gasteiger partial charge is 0.240 e. The molecule has 0 saturated heterocycles. The Morgan fingerprint density at radius 3 is 2.40 bits per heavy atom. The van der Waals surface area contributed by atoms with Gasteiger partial charge in [-0.2, -0.15) is 0 Å². The van der Waals surface area contributed by atoms with Gasteiger partial charge in [-0.3, -0.25) is 0 Å². The number of fused-ring (bicyclic) bond motifs is 1. The van der Waals surface area contributed by atoms with E-state index in [-0.39, 0.29) is 10.6 Å². The predicted molar refractivity (Wildman–Crippen MR) is 117 cm³/mol. The van der Waals surface area contributed by atoms with Gasteiger partial charge in [0.05, 0.1) is 4.90 Å². The summed E-state index contributed by atoms with van der Waals surface area (Å²) < 4.78 is 27.1. The molecule has 0 fully saturated rings. The molecule has 4 rings (SSSR count). The Morgan fingerprint density at radius 2 is 1.67 bits per heavy atom. The van der Waals surface area contributed by atoms with Crippen molar-refractivity contribution in [2.45, 2.75) is 11.8 Å². The van der Waals surface area contributed by atoms with Crippen LogP contribution in [0.3, 0.4) is 0 Å². The second-order valence-electron chi connectivity index (χ2n) is 6.81. The maximum Gasteiger partial charge on any atom is 0.240 e. The van der Waals surface area contributed by atoms with Crippen molar-refractivity contribution in [2.24, 2.45) is 0 Å². The van der Waals surface area contributed by atoms with Crippen molar-refractivity contribution in [3.63, 3.8) is 0 Å². The van der Waals surface area contributed by atoms with Crippen molar-refractivity contribution in [2.75, 3.05) is 12.4 Å². The van der Waals surface area contributed by atoms with Crippen LogP contribution >= 0.6 is 0 Å². The van der Waals surface area contributed by atoms with Crippen LogP contribution in [0, 0.1) is 6.92 Å². The second kappa shape index (κ2) is 7.74. The maximum atomic E-state index is 12.4. The van der Waals surface area contributed by atoms with Gasteiger partial charge in [0.25, 0.3) is 0 Å². The maximum absolute atomic E-state index is 12.4. The quantitative estimate of drug-likeness (QED) is 0.451. The van der Waals surface area contributed by atoms with Gasteiger partial charge in [-0.05, 0) is 37.7 Å². The van der Waals surface area contributed by atoms with Gasteiger partial charge in [0, 0.05) is 28.1 Å². The summed E-state index contributed by atoms with van der Waals surface area (Å²) in [5, 5.41) is 23.3. The Bertz CT molecular complexity index is 1350. The zero-order valence-electron chi connectivity index (χ0n) is 16.4. The van der Waals surface area contributed by atoms with Gasteiger partial charge in [-0.25, -0.2) is 13.1 Å². The number of nitrogens with one attached hydrogen (secondary N) is 2. The van der Waals surface area contributed by atoms with Crippen LogP contribution in [0.1, 0.15) is 5.56 Å². The van der Waals surface area contributed by atoms with E-state index < -0.39 is 10.0 Å². The molecule has 8 heteroatoms.